The summed E-state index contributed by atoms with van der Waals surface area (Å²) < 4.78 is 28.5. The SMILES string of the molecule is CC1CCCCCC1NS(=O)(=O)c1sccc1Br. The molecule has 1 aliphatic rings. The third kappa shape index (κ3) is 3.35. The molecule has 1 aromatic rings. The van der Waals surface area contributed by atoms with E-state index in [0.29, 0.717) is 14.6 Å². The molecule has 1 N–H and O–H groups in total. The van der Waals surface area contributed by atoms with Gasteiger partial charge in [-0.1, -0.05) is 26.2 Å². The molecule has 2 atom stereocenters. The third-order valence-corrected chi connectivity index (χ3v) is 7.66. The predicted molar refractivity (Wildman–Crippen MR) is 78.4 cm³/mol. The number of sulfonamides is 1. The van der Waals surface area contributed by atoms with Crippen molar-refractivity contribution >= 4 is 37.3 Å². The van der Waals surface area contributed by atoms with Crippen LogP contribution in [0.2, 0.25) is 0 Å². The van der Waals surface area contributed by atoms with Gasteiger partial charge in [0, 0.05) is 10.5 Å². The predicted octanol–water partition coefficient (Wildman–Crippen LogP) is 3.76. The fraction of sp³-hybridized carbons (Fsp3) is 0.667. The molecule has 0 bridgehead atoms. The summed E-state index contributed by atoms with van der Waals surface area (Å²) in [5.74, 6) is 0.418. The Kier molecular flexibility index (Phi) is 4.86. The van der Waals surface area contributed by atoms with Gasteiger partial charge >= 0.3 is 0 Å². The molecular formula is C12H18BrNO2S2. The second kappa shape index (κ2) is 6.03. The van der Waals surface area contributed by atoms with Crippen LogP contribution >= 0.6 is 27.3 Å². The van der Waals surface area contributed by atoms with Crippen LogP contribution in [0.15, 0.2) is 20.1 Å². The molecule has 0 spiro atoms. The molecule has 0 aliphatic heterocycles. The molecule has 2 rings (SSSR count). The molecule has 2 unspecified atom stereocenters. The number of rotatable bonds is 3. The lowest BCUT2D eigenvalue weighted by Crippen LogP contribution is -2.38. The van der Waals surface area contributed by atoms with Gasteiger partial charge in [-0.2, -0.15) is 0 Å². The van der Waals surface area contributed by atoms with Crippen LogP contribution in [0, 0.1) is 5.92 Å². The standard InChI is InChI=1S/C12H18BrNO2S2/c1-9-5-3-2-4-6-11(9)14-18(15,16)12-10(13)7-8-17-12/h7-9,11,14H,2-6H2,1H3. The largest absolute Gasteiger partial charge is 0.251 e. The maximum absolute atomic E-state index is 12.3. The van der Waals surface area contributed by atoms with Crippen LogP contribution in [0.1, 0.15) is 39.0 Å². The first-order valence-corrected chi connectivity index (χ1v) is 9.41. The Balaban J connectivity index is 2.15. The van der Waals surface area contributed by atoms with E-state index < -0.39 is 10.0 Å². The van der Waals surface area contributed by atoms with E-state index in [4.69, 9.17) is 0 Å². The van der Waals surface area contributed by atoms with E-state index in [1.165, 1.54) is 24.2 Å². The summed E-state index contributed by atoms with van der Waals surface area (Å²) in [5.41, 5.74) is 0. The third-order valence-electron chi connectivity index (χ3n) is 3.50. The van der Waals surface area contributed by atoms with Crippen molar-refractivity contribution in [3.05, 3.63) is 15.9 Å². The lowest BCUT2D eigenvalue weighted by atomic mass is 9.98. The molecular weight excluding hydrogens is 334 g/mol. The fourth-order valence-corrected chi connectivity index (χ4v) is 6.13. The van der Waals surface area contributed by atoms with Crippen LogP contribution in [-0.2, 0) is 10.0 Å². The van der Waals surface area contributed by atoms with Gasteiger partial charge in [-0.3, -0.25) is 0 Å². The van der Waals surface area contributed by atoms with Crippen LogP contribution in [-0.4, -0.2) is 14.5 Å². The number of nitrogens with one attached hydrogen (secondary N) is 1. The highest BCUT2D eigenvalue weighted by molar-refractivity contribution is 9.10. The van der Waals surface area contributed by atoms with E-state index in [1.807, 2.05) is 0 Å². The van der Waals surface area contributed by atoms with Gasteiger partial charge < -0.3 is 0 Å². The van der Waals surface area contributed by atoms with Gasteiger partial charge in [-0.15, -0.1) is 11.3 Å². The van der Waals surface area contributed by atoms with Crippen molar-refractivity contribution in [1.82, 2.24) is 4.72 Å². The number of thiophene rings is 1. The second-order valence-corrected chi connectivity index (χ2v) is 8.58. The molecule has 1 aliphatic carbocycles. The van der Waals surface area contributed by atoms with Gasteiger partial charge in [-0.25, -0.2) is 13.1 Å². The molecule has 1 saturated carbocycles. The minimum absolute atomic E-state index is 0.0755. The average Bonchev–Trinajstić information content (AvgIpc) is 2.64. The average molecular weight is 352 g/mol. The molecule has 1 heterocycles. The highest BCUT2D eigenvalue weighted by Gasteiger charge is 2.27. The monoisotopic (exact) mass is 351 g/mol. The van der Waals surface area contributed by atoms with Crippen molar-refractivity contribution in [3.8, 4) is 0 Å². The van der Waals surface area contributed by atoms with E-state index in [2.05, 4.69) is 27.6 Å². The van der Waals surface area contributed by atoms with E-state index in [1.54, 1.807) is 11.4 Å². The van der Waals surface area contributed by atoms with Crippen molar-refractivity contribution < 1.29 is 8.42 Å². The lowest BCUT2D eigenvalue weighted by Gasteiger charge is -2.22. The molecule has 6 heteroatoms. The first-order valence-electron chi connectivity index (χ1n) is 6.26. The highest BCUT2D eigenvalue weighted by atomic mass is 79.9. The van der Waals surface area contributed by atoms with E-state index in [9.17, 15) is 8.42 Å². The molecule has 3 nitrogen and oxygen atoms in total. The Morgan fingerprint density at radius 3 is 2.72 bits per heavy atom. The van der Waals surface area contributed by atoms with Crippen LogP contribution in [0.5, 0.6) is 0 Å². The van der Waals surface area contributed by atoms with Crippen LogP contribution in [0.4, 0.5) is 0 Å². The Labute approximate surface area is 121 Å². The smallest absolute Gasteiger partial charge is 0.207 e. The summed E-state index contributed by atoms with van der Waals surface area (Å²) in [6, 6.07) is 1.85. The minimum Gasteiger partial charge on any atom is -0.207 e. The van der Waals surface area contributed by atoms with E-state index >= 15 is 0 Å². The van der Waals surface area contributed by atoms with Crippen LogP contribution in [0.3, 0.4) is 0 Å². The van der Waals surface area contributed by atoms with Crippen molar-refractivity contribution in [2.24, 2.45) is 5.92 Å². The fourth-order valence-electron chi connectivity index (χ4n) is 2.39. The molecule has 1 fully saturated rings. The first-order chi connectivity index (χ1) is 8.50. The molecule has 102 valence electrons. The normalized spacial score (nSPS) is 25.9. The van der Waals surface area contributed by atoms with Gasteiger partial charge in [0.1, 0.15) is 4.21 Å². The van der Waals surface area contributed by atoms with Gasteiger partial charge in [0.15, 0.2) is 0 Å². The van der Waals surface area contributed by atoms with Crippen molar-refractivity contribution in [2.45, 2.75) is 49.3 Å². The summed E-state index contributed by atoms with van der Waals surface area (Å²) >= 11 is 4.54. The Morgan fingerprint density at radius 2 is 2.06 bits per heavy atom. The van der Waals surface area contributed by atoms with Gasteiger partial charge in [0.2, 0.25) is 0 Å². The number of hydrogen-bond donors (Lipinski definition) is 1. The molecule has 0 saturated heterocycles. The summed E-state index contributed by atoms with van der Waals surface area (Å²) in [4.78, 5) is 0. The molecule has 18 heavy (non-hydrogen) atoms. The van der Waals surface area contributed by atoms with Crippen molar-refractivity contribution in [3.63, 3.8) is 0 Å². The van der Waals surface area contributed by atoms with E-state index in [0.717, 1.165) is 19.3 Å². The zero-order valence-electron chi connectivity index (χ0n) is 10.4. The van der Waals surface area contributed by atoms with Crippen LogP contribution in [0.25, 0.3) is 0 Å². The second-order valence-electron chi connectivity index (χ2n) is 4.90. The van der Waals surface area contributed by atoms with Gasteiger partial charge in [0.25, 0.3) is 10.0 Å². The zero-order chi connectivity index (χ0) is 13.2. The van der Waals surface area contributed by atoms with Gasteiger partial charge in [-0.05, 0) is 46.1 Å². The minimum atomic E-state index is -3.37. The quantitative estimate of drug-likeness (QED) is 0.842. The Bertz CT molecular complexity index is 498. The first kappa shape index (κ1) is 14.5. The highest BCUT2D eigenvalue weighted by Crippen LogP contribution is 2.29. The summed E-state index contributed by atoms with van der Waals surface area (Å²) in [6.45, 7) is 2.14. The maximum Gasteiger partial charge on any atom is 0.251 e. The zero-order valence-corrected chi connectivity index (χ0v) is 13.6. The maximum atomic E-state index is 12.3. The topological polar surface area (TPSA) is 46.2 Å². The molecule has 0 amide bonds. The summed E-state index contributed by atoms with van der Waals surface area (Å²) in [6.07, 6.45) is 5.60. The Morgan fingerprint density at radius 1 is 1.33 bits per heavy atom. The summed E-state index contributed by atoms with van der Waals surface area (Å²) in [7, 11) is -3.37. The van der Waals surface area contributed by atoms with Crippen LogP contribution < -0.4 is 4.72 Å². The van der Waals surface area contributed by atoms with E-state index in [-0.39, 0.29) is 6.04 Å². The summed E-state index contributed by atoms with van der Waals surface area (Å²) in [5, 5.41) is 1.79. The molecule has 0 radical (unpaired) electrons. The number of halogens is 1. The van der Waals surface area contributed by atoms with Crippen molar-refractivity contribution in [2.75, 3.05) is 0 Å². The Hall–Kier alpha value is 0.0900. The van der Waals surface area contributed by atoms with Gasteiger partial charge in [0.05, 0.1) is 0 Å². The lowest BCUT2D eigenvalue weighted by molar-refractivity contribution is 0.399. The number of hydrogen-bond acceptors (Lipinski definition) is 3. The molecule has 1 aromatic heterocycles. The molecule has 0 aromatic carbocycles. The van der Waals surface area contributed by atoms with Crippen molar-refractivity contribution in [1.29, 1.82) is 0 Å².